The zero-order chi connectivity index (χ0) is 23.0. The van der Waals surface area contributed by atoms with Crippen molar-refractivity contribution in [3.63, 3.8) is 0 Å². The van der Waals surface area contributed by atoms with Gasteiger partial charge < -0.3 is 9.84 Å². The Labute approximate surface area is 184 Å². The zero-order valence-corrected chi connectivity index (χ0v) is 18.0. The molecule has 0 radical (unpaired) electrons. The lowest BCUT2D eigenvalue weighted by atomic mass is 10.1. The number of rotatable bonds is 6. The van der Waals surface area contributed by atoms with Gasteiger partial charge in [-0.25, -0.2) is 18.6 Å². The highest BCUT2D eigenvalue weighted by Crippen LogP contribution is 2.36. The van der Waals surface area contributed by atoms with Crippen LogP contribution >= 0.6 is 11.3 Å². The van der Waals surface area contributed by atoms with Crippen molar-refractivity contribution in [1.29, 1.82) is 0 Å². The SMILES string of the molecule is Cc1ccc(Oc2ccc(-c3sc4c(c3C)c(=O)[nH]c(=O)n4C[C@@H](O)C(F)F)cn2)cc1. The Morgan fingerprint density at radius 3 is 2.50 bits per heavy atom. The molecule has 0 bridgehead atoms. The van der Waals surface area contributed by atoms with Crippen molar-refractivity contribution < 1.29 is 18.6 Å². The van der Waals surface area contributed by atoms with Gasteiger partial charge in [-0.2, -0.15) is 0 Å². The topological polar surface area (TPSA) is 97.2 Å². The number of thiophene rings is 1. The number of H-pyrrole nitrogens is 1. The van der Waals surface area contributed by atoms with Crippen LogP contribution < -0.4 is 16.0 Å². The molecule has 2 N–H and O–H groups in total. The summed E-state index contributed by atoms with van der Waals surface area (Å²) in [5, 5.41) is 9.79. The first-order valence-electron chi connectivity index (χ1n) is 9.68. The van der Waals surface area contributed by atoms with Gasteiger partial charge in [-0.1, -0.05) is 17.7 Å². The number of benzene rings is 1. The number of hydrogen-bond acceptors (Lipinski definition) is 6. The number of aromatic amines is 1. The number of ether oxygens (including phenoxy) is 1. The maximum Gasteiger partial charge on any atom is 0.329 e. The maximum atomic E-state index is 12.8. The van der Waals surface area contributed by atoms with Crippen molar-refractivity contribution in [2.24, 2.45) is 0 Å². The third-order valence-corrected chi connectivity index (χ3v) is 6.33. The van der Waals surface area contributed by atoms with E-state index in [2.05, 4.69) is 9.97 Å². The molecule has 3 heterocycles. The molecule has 4 aromatic rings. The fourth-order valence-corrected chi connectivity index (χ4v) is 4.59. The van der Waals surface area contributed by atoms with E-state index in [1.165, 1.54) is 0 Å². The Bertz CT molecular complexity index is 1380. The average molecular weight is 459 g/mol. The molecular weight excluding hydrogens is 440 g/mol. The lowest BCUT2D eigenvalue weighted by molar-refractivity contribution is -0.0135. The van der Waals surface area contributed by atoms with Crippen molar-refractivity contribution in [3.05, 3.63) is 74.6 Å². The number of aliphatic hydroxyl groups is 1. The number of nitrogens with zero attached hydrogens (tertiary/aromatic N) is 2. The van der Waals surface area contributed by atoms with Crippen LogP contribution in [0.5, 0.6) is 11.6 Å². The van der Waals surface area contributed by atoms with Gasteiger partial charge in [-0.15, -0.1) is 11.3 Å². The molecule has 0 aliphatic heterocycles. The van der Waals surface area contributed by atoms with Crippen LogP contribution in [0.2, 0.25) is 0 Å². The molecular formula is C22H19F2N3O4S. The van der Waals surface area contributed by atoms with Crippen LogP contribution in [0.25, 0.3) is 20.7 Å². The highest BCUT2D eigenvalue weighted by molar-refractivity contribution is 7.22. The second-order valence-corrected chi connectivity index (χ2v) is 8.31. The lowest BCUT2D eigenvalue weighted by Gasteiger charge is -2.11. The zero-order valence-electron chi connectivity index (χ0n) is 17.1. The van der Waals surface area contributed by atoms with Crippen LogP contribution in [0.1, 0.15) is 11.1 Å². The van der Waals surface area contributed by atoms with Crippen molar-refractivity contribution >= 4 is 21.6 Å². The predicted octanol–water partition coefficient (Wildman–Crippen LogP) is 3.85. The van der Waals surface area contributed by atoms with Gasteiger partial charge in [0.1, 0.15) is 16.7 Å². The van der Waals surface area contributed by atoms with Gasteiger partial charge >= 0.3 is 5.69 Å². The van der Waals surface area contributed by atoms with Crippen LogP contribution in [0, 0.1) is 13.8 Å². The third-order valence-electron chi connectivity index (χ3n) is 4.97. The summed E-state index contributed by atoms with van der Waals surface area (Å²) >= 11 is 1.10. The Hall–Kier alpha value is -3.37. The molecule has 3 aromatic heterocycles. The van der Waals surface area contributed by atoms with Gasteiger partial charge in [0.05, 0.1) is 11.9 Å². The predicted molar refractivity (Wildman–Crippen MR) is 118 cm³/mol. The number of nitrogens with one attached hydrogen (secondary N) is 1. The summed E-state index contributed by atoms with van der Waals surface area (Å²) in [5.41, 5.74) is 0.902. The molecule has 0 unspecified atom stereocenters. The molecule has 0 saturated carbocycles. The van der Waals surface area contributed by atoms with Crippen molar-refractivity contribution in [2.75, 3.05) is 0 Å². The molecule has 1 aromatic carbocycles. The van der Waals surface area contributed by atoms with E-state index in [1.54, 1.807) is 25.3 Å². The molecule has 0 aliphatic rings. The number of alkyl halides is 2. The van der Waals surface area contributed by atoms with E-state index in [-0.39, 0.29) is 10.2 Å². The van der Waals surface area contributed by atoms with E-state index in [0.29, 0.717) is 27.6 Å². The number of aryl methyl sites for hydroxylation is 2. The summed E-state index contributed by atoms with van der Waals surface area (Å²) in [7, 11) is 0. The molecule has 0 amide bonds. The Morgan fingerprint density at radius 1 is 1.16 bits per heavy atom. The van der Waals surface area contributed by atoms with Gasteiger partial charge in [-0.3, -0.25) is 14.3 Å². The monoisotopic (exact) mass is 459 g/mol. The first-order valence-corrected chi connectivity index (χ1v) is 10.5. The van der Waals surface area contributed by atoms with Crippen LogP contribution in [-0.4, -0.2) is 32.2 Å². The molecule has 4 rings (SSSR count). The quantitative estimate of drug-likeness (QED) is 0.457. The highest BCUT2D eigenvalue weighted by atomic mass is 32.1. The van der Waals surface area contributed by atoms with E-state index in [0.717, 1.165) is 21.5 Å². The maximum absolute atomic E-state index is 12.8. The summed E-state index contributed by atoms with van der Waals surface area (Å²) in [4.78, 5) is 32.0. The minimum atomic E-state index is -3.02. The minimum Gasteiger partial charge on any atom is -0.439 e. The fourth-order valence-electron chi connectivity index (χ4n) is 3.29. The van der Waals surface area contributed by atoms with Crippen LogP contribution in [0.3, 0.4) is 0 Å². The Balaban J connectivity index is 1.72. The first kappa shape index (κ1) is 21.8. The number of fused-ring (bicyclic) bond motifs is 1. The van der Waals surface area contributed by atoms with E-state index < -0.39 is 30.3 Å². The van der Waals surface area contributed by atoms with Crippen molar-refractivity contribution in [2.45, 2.75) is 32.9 Å². The second-order valence-electron chi connectivity index (χ2n) is 7.31. The van der Waals surface area contributed by atoms with E-state index in [9.17, 15) is 23.5 Å². The minimum absolute atomic E-state index is 0.214. The van der Waals surface area contributed by atoms with Gasteiger partial charge in [0, 0.05) is 22.7 Å². The molecule has 0 saturated heterocycles. The van der Waals surface area contributed by atoms with Gasteiger partial charge in [0.15, 0.2) is 0 Å². The highest BCUT2D eigenvalue weighted by Gasteiger charge is 2.23. The number of pyridine rings is 1. The lowest BCUT2D eigenvalue weighted by Crippen LogP contribution is -2.35. The van der Waals surface area contributed by atoms with E-state index in [1.807, 2.05) is 31.2 Å². The molecule has 0 fully saturated rings. The number of halogens is 2. The average Bonchev–Trinajstić information content (AvgIpc) is 3.10. The van der Waals surface area contributed by atoms with Gasteiger partial charge in [0.2, 0.25) is 5.88 Å². The van der Waals surface area contributed by atoms with Crippen molar-refractivity contribution in [1.82, 2.24) is 14.5 Å². The molecule has 1 atom stereocenters. The second kappa shape index (κ2) is 8.64. The first-order chi connectivity index (χ1) is 15.2. The van der Waals surface area contributed by atoms with Crippen LogP contribution in [0.15, 0.2) is 52.2 Å². The fraction of sp³-hybridized carbons (Fsp3) is 0.227. The normalized spacial score (nSPS) is 12.4. The number of aromatic nitrogens is 3. The summed E-state index contributed by atoms with van der Waals surface area (Å²) in [6.45, 7) is 3.05. The summed E-state index contributed by atoms with van der Waals surface area (Å²) in [6.07, 6.45) is -3.48. The van der Waals surface area contributed by atoms with Crippen molar-refractivity contribution in [3.8, 4) is 22.1 Å². The standard InChI is InChI=1S/C22H19F2N3O4S/c1-11-3-6-14(7-4-11)31-16-8-5-13(9-25-16)18-12(2)17-20(29)26-22(30)27(21(17)32-18)10-15(28)19(23)24/h3-9,15,19,28H,10H2,1-2H3,(H,26,29,30)/t15-/m1/s1. The summed E-state index contributed by atoms with van der Waals surface area (Å²) in [6, 6.07) is 11.0. The Morgan fingerprint density at radius 2 is 1.88 bits per heavy atom. The number of aliphatic hydroxyl groups excluding tert-OH is 1. The molecule has 7 nitrogen and oxygen atoms in total. The largest absolute Gasteiger partial charge is 0.439 e. The smallest absolute Gasteiger partial charge is 0.329 e. The molecule has 10 heteroatoms. The van der Waals surface area contributed by atoms with Gasteiger partial charge in [0.25, 0.3) is 12.0 Å². The van der Waals surface area contributed by atoms with E-state index >= 15 is 0 Å². The molecule has 166 valence electrons. The molecule has 0 spiro atoms. The summed E-state index contributed by atoms with van der Waals surface area (Å²) < 4.78 is 32.4. The van der Waals surface area contributed by atoms with Crippen LogP contribution in [0.4, 0.5) is 8.78 Å². The van der Waals surface area contributed by atoms with Gasteiger partial charge in [-0.05, 0) is 37.6 Å². The third kappa shape index (κ3) is 4.19. The summed E-state index contributed by atoms with van der Waals surface area (Å²) in [5.74, 6) is 1.02. The Kier molecular flexibility index (Phi) is 5.90. The van der Waals surface area contributed by atoms with Crippen LogP contribution in [-0.2, 0) is 6.54 Å². The molecule has 0 aliphatic carbocycles. The van der Waals surface area contributed by atoms with E-state index in [4.69, 9.17) is 4.74 Å². The number of hydrogen-bond donors (Lipinski definition) is 2. The molecule has 32 heavy (non-hydrogen) atoms.